The molecule has 1 aromatic heterocycles. The van der Waals surface area contributed by atoms with Crippen LogP contribution in [0.25, 0.3) is 0 Å². The van der Waals surface area contributed by atoms with Gasteiger partial charge in [-0.25, -0.2) is 0 Å². The molecule has 0 radical (unpaired) electrons. The van der Waals surface area contributed by atoms with E-state index in [-0.39, 0.29) is 0 Å². The van der Waals surface area contributed by atoms with Gasteiger partial charge in [0, 0.05) is 22.7 Å². The van der Waals surface area contributed by atoms with Crippen molar-refractivity contribution in [3.05, 3.63) is 16.5 Å². The van der Waals surface area contributed by atoms with E-state index in [0.717, 1.165) is 23.7 Å². The van der Waals surface area contributed by atoms with Crippen LogP contribution in [0.2, 0.25) is 0 Å². The molecule has 0 bridgehead atoms. The highest BCUT2D eigenvalue weighted by molar-refractivity contribution is 8.01. The summed E-state index contributed by atoms with van der Waals surface area (Å²) < 4.78 is 1.40. The Morgan fingerprint density at radius 3 is 3.23 bits per heavy atom. The van der Waals surface area contributed by atoms with Crippen molar-refractivity contribution in [2.45, 2.75) is 17.6 Å². The highest BCUT2D eigenvalue weighted by atomic mass is 32.2. The van der Waals surface area contributed by atoms with Crippen LogP contribution in [0, 0.1) is 0 Å². The lowest BCUT2D eigenvalue weighted by atomic mass is 10.3. The third-order valence-corrected chi connectivity index (χ3v) is 4.90. The minimum atomic E-state index is 0.927. The van der Waals surface area contributed by atoms with Crippen molar-refractivity contribution in [1.82, 2.24) is 5.32 Å². The van der Waals surface area contributed by atoms with Gasteiger partial charge in [-0.05, 0) is 12.5 Å². The molecule has 2 rings (SSSR count). The molecule has 13 heavy (non-hydrogen) atoms. The Hall–Kier alpha value is -0.0600. The highest BCUT2D eigenvalue weighted by Gasteiger charge is 2.15. The molecule has 0 saturated carbocycles. The van der Waals surface area contributed by atoms with E-state index < -0.39 is 0 Å². The Labute approximate surface area is 91.9 Å². The summed E-state index contributed by atoms with van der Waals surface area (Å²) in [7, 11) is 0. The summed E-state index contributed by atoms with van der Waals surface area (Å²) in [4.78, 5) is 2.36. The molecular formula is C9H11NS3. The van der Waals surface area contributed by atoms with Gasteiger partial charge in [-0.3, -0.25) is 0 Å². The van der Waals surface area contributed by atoms with Crippen LogP contribution in [0.5, 0.6) is 0 Å². The van der Waals surface area contributed by atoms with Crippen LogP contribution in [-0.2, 0) is 6.42 Å². The topological polar surface area (TPSA) is 12.0 Å². The van der Waals surface area contributed by atoms with Gasteiger partial charge < -0.3 is 5.32 Å². The molecule has 0 amide bonds. The van der Waals surface area contributed by atoms with Crippen LogP contribution in [0.1, 0.15) is 17.4 Å². The third kappa shape index (κ3) is 1.90. The Balaban J connectivity index is 2.39. The molecule has 0 unspecified atom stereocenters. The second kappa shape index (κ2) is 3.98. The van der Waals surface area contributed by atoms with Gasteiger partial charge in [0.2, 0.25) is 0 Å². The molecule has 0 atom stereocenters. The van der Waals surface area contributed by atoms with Gasteiger partial charge in [0.15, 0.2) is 0 Å². The number of thiophene rings is 1. The number of rotatable bonds is 1. The maximum absolute atomic E-state index is 5.29. The first-order valence-corrected chi connectivity index (χ1v) is 6.56. The number of hydrogen-bond acceptors (Lipinski definition) is 3. The largest absolute Gasteiger partial charge is 0.375 e. The van der Waals surface area contributed by atoms with Crippen molar-refractivity contribution in [1.29, 1.82) is 0 Å². The van der Waals surface area contributed by atoms with Crippen LogP contribution in [0.4, 0.5) is 0 Å². The lowest BCUT2D eigenvalue weighted by molar-refractivity contribution is 1.000. The quantitative estimate of drug-likeness (QED) is 0.744. The van der Waals surface area contributed by atoms with Crippen molar-refractivity contribution in [2.24, 2.45) is 0 Å². The molecule has 2 heterocycles. The molecule has 1 aliphatic heterocycles. The Morgan fingerprint density at radius 1 is 1.62 bits per heavy atom. The molecule has 0 spiro atoms. The number of fused-ring (bicyclic) bond motifs is 1. The lowest BCUT2D eigenvalue weighted by Crippen LogP contribution is -2.22. The number of nitrogens with one attached hydrogen (secondary N) is 1. The summed E-state index contributed by atoms with van der Waals surface area (Å²) in [5.41, 5.74) is 1.25. The average Bonchev–Trinajstić information content (AvgIpc) is 2.48. The van der Waals surface area contributed by atoms with Crippen molar-refractivity contribution in [3.8, 4) is 0 Å². The second-order valence-electron chi connectivity index (χ2n) is 2.87. The molecule has 0 aliphatic carbocycles. The molecule has 4 heteroatoms. The third-order valence-electron chi connectivity index (χ3n) is 1.96. The van der Waals surface area contributed by atoms with E-state index in [2.05, 4.69) is 18.3 Å². The maximum Gasteiger partial charge on any atom is 0.108 e. The normalized spacial score (nSPS) is 16.2. The highest BCUT2D eigenvalue weighted by Crippen LogP contribution is 2.33. The summed E-state index contributed by atoms with van der Waals surface area (Å²) in [6, 6.07) is 2.23. The zero-order chi connectivity index (χ0) is 9.26. The first-order chi connectivity index (χ1) is 6.31. The Bertz CT molecular complexity index is 330. The van der Waals surface area contributed by atoms with Crippen molar-refractivity contribution < 1.29 is 0 Å². The van der Waals surface area contributed by atoms with Crippen molar-refractivity contribution in [3.63, 3.8) is 0 Å². The summed E-state index contributed by atoms with van der Waals surface area (Å²) in [6.07, 6.45) is 1.11. The Morgan fingerprint density at radius 2 is 2.46 bits per heavy atom. The van der Waals surface area contributed by atoms with Gasteiger partial charge in [-0.15, -0.1) is 23.1 Å². The number of hydrogen-bond donors (Lipinski definition) is 1. The monoisotopic (exact) mass is 229 g/mol. The van der Waals surface area contributed by atoms with E-state index in [1.807, 2.05) is 23.1 Å². The van der Waals surface area contributed by atoms with Gasteiger partial charge in [-0.1, -0.05) is 19.1 Å². The number of thiocarbonyl (C=S) groups is 1. The zero-order valence-electron chi connectivity index (χ0n) is 7.42. The second-order valence-corrected chi connectivity index (χ2v) is 5.78. The molecule has 0 saturated heterocycles. The molecule has 1 nitrogen and oxygen atoms in total. The van der Waals surface area contributed by atoms with E-state index >= 15 is 0 Å². The fourth-order valence-corrected chi connectivity index (χ4v) is 4.00. The molecule has 1 N–H and O–H groups in total. The van der Waals surface area contributed by atoms with E-state index in [1.54, 1.807) is 0 Å². The van der Waals surface area contributed by atoms with Crippen LogP contribution in [0.15, 0.2) is 10.3 Å². The molecule has 70 valence electrons. The molecule has 1 aromatic rings. The van der Waals surface area contributed by atoms with Crippen LogP contribution < -0.4 is 5.32 Å². The Kier molecular flexibility index (Phi) is 2.91. The van der Waals surface area contributed by atoms with Crippen molar-refractivity contribution >= 4 is 40.3 Å². The minimum Gasteiger partial charge on any atom is -0.375 e. The first-order valence-electron chi connectivity index (χ1n) is 4.35. The summed E-state index contributed by atoms with van der Waals surface area (Å²) in [5.74, 6) is 1.12. The fraction of sp³-hybridized carbons (Fsp3) is 0.444. The first kappa shape index (κ1) is 9.49. The van der Waals surface area contributed by atoms with E-state index in [9.17, 15) is 0 Å². The minimum absolute atomic E-state index is 0.927. The molecule has 1 aliphatic rings. The smallest absolute Gasteiger partial charge is 0.108 e. The van der Waals surface area contributed by atoms with Gasteiger partial charge in [0.25, 0.3) is 0 Å². The summed E-state index contributed by atoms with van der Waals surface area (Å²) in [5, 5.41) is 3.26. The van der Waals surface area contributed by atoms with Gasteiger partial charge >= 0.3 is 0 Å². The van der Waals surface area contributed by atoms with E-state index in [0.29, 0.717) is 0 Å². The van der Waals surface area contributed by atoms with Crippen LogP contribution in [0.3, 0.4) is 0 Å². The number of thioether (sulfide) groups is 1. The lowest BCUT2D eigenvalue weighted by Gasteiger charge is -1.99. The van der Waals surface area contributed by atoms with E-state index in [4.69, 9.17) is 12.2 Å². The van der Waals surface area contributed by atoms with Gasteiger partial charge in [-0.2, -0.15) is 0 Å². The van der Waals surface area contributed by atoms with Crippen LogP contribution >= 0.6 is 35.3 Å². The summed E-state index contributed by atoms with van der Waals surface area (Å²) >= 11 is 9.10. The molecule has 0 aromatic carbocycles. The summed E-state index contributed by atoms with van der Waals surface area (Å²) in [6.45, 7) is 3.18. The van der Waals surface area contributed by atoms with Gasteiger partial charge in [0.1, 0.15) is 4.99 Å². The zero-order valence-corrected chi connectivity index (χ0v) is 9.87. The van der Waals surface area contributed by atoms with Crippen molar-refractivity contribution in [2.75, 3.05) is 12.3 Å². The molecule has 0 fully saturated rings. The van der Waals surface area contributed by atoms with Gasteiger partial charge in [0.05, 0.1) is 4.21 Å². The fourth-order valence-electron chi connectivity index (χ4n) is 1.27. The van der Waals surface area contributed by atoms with Crippen LogP contribution in [-0.4, -0.2) is 17.3 Å². The van der Waals surface area contributed by atoms with E-state index in [1.165, 1.54) is 14.6 Å². The maximum atomic E-state index is 5.29. The SMILES string of the molecule is CCc1cc2c(s1)SCCNC2=S. The predicted octanol–water partition coefficient (Wildman–Crippen LogP) is 2.68. The number of aryl methyl sites for hydroxylation is 1. The average molecular weight is 229 g/mol. The molecular weight excluding hydrogens is 218 g/mol. The predicted molar refractivity (Wildman–Crippen MR) is 64.1 cm³/mol. The standard InChI is InChI=1S/C9H11NS3/c1-2-6-5-7-8(11)10-3-4-12-9(7)13-6/h5H,2-4H2,1H3,(H,10,11).